The predicted molar refractivity (Wildman–Crippen MR) is 121 cm³/mol. The van der Waals surface area contributed by atoms with Gasteiger partial charge in [0.1, 0.15) is 11.4 Å². The van der Waals surface area contributed by atoms with E-state index in [1.807, 2.05) is 31.2 Å². The van der Waals surface area contributed by atoms with Gasteiger partial charge in [-0.15, -0.1) is 23.1 Å². The van der Waals surface area contributed by atoms with Crippen molar-refractivity contribution in [2.75, 3.05) is 33.0 Å². The molecule has 0 unspecified atom stereocenters. The Bertz CT molecular complexity index is 1070. The molecule has 0 saturated carbocycles. The first-order chi connectivity index (χ1) is 14.4. The lowest BCUT2D eigenvalue weighted by molar-refractivity contribution is -0.0172. The monoisotopic (exact) mass is 443 g/mol. The molecule has 1 saturated heterocycles. The topological polar surface area (TPSA) is 75.5 Å². The molecule has 158 valence electrons. The maximum atomic E-state index is 12.9. The van der Waals surface area contributed by atoms with Crippen molar-refractivity contribution in [1.82, 2.24) is 14.9 Å². The fraction of sp³-hybridized carbons (Fsp3) is 0.409. The number of aliphatic hydroxyl groups is 1. The molecule has 3 aromatic rings. The molecule has 1 fully saturated rings. The minimum Gasteiger partial charge on any atom is -0.495 e. The number of aromatic nitrogens is 2. The zero-order valence-electron chi connectivity index (χ0n) is 17.3. The summed E-state index contributed by atoms with van der Waals surface area (Å²) in [5, 5.41) is 11.9. The summed E-state index contributed by atoms with van der Waals surface area (Å²) in [6, 6.07) is 7.64. The average molecular weight is 444 g/mol. The van der Waals surface area contributed by atoms with Crippen LogP contribution >= 0.6 is 23.1 Å². The lowest BCUT2D eigenvalue weighted by Gasteiger charge is -2.35. The van der Waals surface area contributed by atoms with Gasteiger partial charge in [0.2, 0.25) is 0 Å². The summed E-state index contributed by atoms with van der Waals surface area (Å²) in [6.07, 6.45) is 3.04. The number of carbonyl (C=O) groups excluding carboxylic acids is 1. The number of aryl methyl sites for hydroxylation is 1. The zero-order valence-corrected chi connectivity index (χ0v) is 19.0. The van der Waals surface area contributed by atoms with Crippen molar-refractivity contribution in [3.63, 3.8) is 0 Å². The third-order valence-corrected chi connectivity index (χ3v) is 7.85. The number of rotatable bonds is 6. The quantitative estimate of drug-likeness (QED) is 0.457. The molecule has 1 aliphatic heterocycles. The van der Waals surface area contributed by atoms with Gasteiger partial charge >= 0.3 is 0 Å². The van der Waals surface area contributed by atoms with Crippen LogP contribution in [0.4, 0.5) is 0 Å². The van der Waals surface area contributed by atoms with E-state index in [0.717, 1.165) is 33.9 Å². The largest absolute Gasteiger partial charge is 0.495 e. The summed E-state index contributed by atoms with van der Waals surface area (Å²) in [7, 11) is 3.67. The van der Waals surface area contributed by atoms with Crippen LogP contribution < -0.4 is 4.74 Å². The number of nitrogens with zero attached hydrogens (tertiary/aromatic N) is 3. The summed E-state index contributed by atoms with van der Waals surface area (Å²) in [4.78, 5) is 26.5. The molecule has 0 atom stereocenters. The van der Waals surface area contributed by atoms with Crippen LogP contribution in [-0.4, -0.2) is 58.8 Å². The molecule has 1 N–H and O–H groups in total. The number of ketones is 1. The van der Waals surface area contributed by atoms with Crippen molar-refractivity contribution in [2.45, 2.75) is 30.3 Å². The first kappa shape index (κ1) is 21.2. The Morgan fingerprint density at radius 1 is 1.33 bits per heavy atom. The van der Waals surface area contributed by atoms with E-state index in [2.05, 4.69) is 21.9 Å². The number of ether oxygens (including phenoxy) is 1. The minimum atomic E-state index is -0.816. The lowest BCUT2D eigenvalue weighted by Crippen LogP contribution is -2.40. The van der Waals surface area contributed by atoms with Gasteiger partial charge in [-0.1, -0.05) is 0 Å². The highest BCUT2D eigenvalue weighted by Crippen LogP contribution is 2.37. The normalized spacial score (nSPS) is 16.7. The first-order valence-electron chi connectivity index (χ1n) is 9.86. The highest BCUT2D eigenvalue weighted by Gasteiger charge is 2.34. The van der Waals surface area contributed by atoms with E-state index in [1.54, 1.807) is 13.3 Å². The van der Waals surface area contributed by atoms with Crippen molar-refractivity contribution in [3.05, 3.63) is 45.9 Å². The van der Waals surface area contributed by atoms with Gasteiger partial charge in [0.25, 0.3) is 0 Å². The highest BCUT2D eigenvalue weighted by molar-refractivity contribution is 8.00. The number of thioether (sulfide) groups is 1. The van der Waals surface area contributed by atoms with Gasteiger partial charge in [-0.25, -0.2) is 9.97 Å². The number of pyridine rings is 2. The van der Waals surface area contributed by atoms with E-state index in [0.29, 0.717) is 34.9 Å². The summed E-state index contributed by atoms with van der Waals surface area (Å²) in [5.41, 5.74) is 0.690. The van der Waals surface area contributed by atoms with E-state index < -0.39 is 5.60 Å². The second kappa shape index (κ2) is 8.63. The Morgan fingerprint density at radius 2 is 2.10 bits per heavy atom. The second-order valence-electron chi connectivity index (χ2n) is 7.72. The predicted octanol–water partition coefficient (Wildman–Crippen LogP) is 3.90. The fourth-order valence-corrected chi connectivity index (χ4v) is 5.78. The highest BCUT2D eigenvalue weighted by atomic mass is 32.2. The van der Waals surface area contributed by atoms with E-state index in [4.69, 9.17) is 4.74 Å². The molecule has 0 spiro atoms. The van der Waals surface area contributed by atoms with E-state index in [1.165, 1.54) is 23.1 Å². The van der Waals surface area contributed by atoms with Crippen LogP contribution in [0.3, 0.4) is 0 Å². The molecule has 0 amide bonds. The Labute approximate surface area is 184 Å². The molecule has 0 radical (unpaired) electrons. The molecule has 6 nitrogen and oxygen atoms in total. The average Bonchev–Trinajstić information content (AvgIpc) is 3.25. The van der Waals surface area contributed by atoms with E-state index in [-0.39, 0.29) is 5.78 Å². The molecule has 4 rings (SSSR count). The number of piperidine rings is 1. The third kappa shape index (κ3) is 4.37. The van der Waals surface area contributed by atoms with Crippen molar-refractivity contribution >= 4 is 39.9 Å². The van der Waals surface area contributed by atoms with Gasteiger partial charge in [-0.2, -0.15) is 0 Å². The second-order valence-corrected chi connectivity index (χ2v) is 9.82. The van der Waals surface area contributed by atoms with Gasteiger partial charge in [-0.3, -0.25) is 4.79 Å². The molecule has 0 bridgehead atoms. The van der Waals surface area contributed by atoms with E-state index >= 15 is 0 Å². The zero-order chi connectivity index (χ0) is 21.3. The molecule has 4 heterocycles. The van der Waals surface area contributed by atoms with Gasteiger partial charge in [0.05, 0.1) is 23.9 Å². The Kier molecular flexibility index (Phi) is 6.11. The van der Waals surface area contributed by atoms with Gasteiger partial charge in [-0.05, 0) is 51.1 Å². The van der Waals surface area contributed by atoms with Gasteiger partial charge in [0.15, 0.2) is 11.4 Å². The lowest BCUT2D eigenvalue weighted by atomic mass is 9.90. The maximum Gasteiger partial charge on any atom is 0.182 e. The molecule has 30 heavy (non-hydrogen) atoms. The first-order valence-corrected chi connectivity index (χ1v) is 11.7. The molecule has 0 aliphatic carbocycles. The fourth-order valence-electron chi connectivity index (χ4n) is 3.59. The molecule has 1 aliphatic rings. The molecule has 3 aromatic heterocycles. The number of carbonyl (C=O) groups is 1. The summed E-state index contributed by atoms with van der Waals surface area (Å²) in [5.74, 6) is 1.04. The number of hydrogen-bond donors (Lipinski definition) is 1. The smallest absolute Gasteiger partial charge is 0.182 e. The maximum absolute atomic E-state index is 12.9. The Morgan fingerprint density at radius 3 is 2.83 bits per heavy atom. The van der Waals surface area contributed by atoms with Gasteiger partial charge in [0, 0.05) is 33.9 Å². The summed E-state index contributed by atoms with van der Waals surface area (Å²) >= 11 is 2.90. The van der Waals surface area contributed by atoms with Crippen LogP contribution in [0.25, 0.3) is 11.0 Å². The molecule has 0 aromatic carbocycles. The van der Waals surface area contributed by atoms with Crippen molar-refractivity contribution in [1.29, 1.82) is 0 Å². The van der Waals surface area contributed by atoms with E-state index in [9.17, 15) is 9.90 Å². The molecular formula is C22H25N3O3S2. The summed E-state index contributed by atoms with van der Waals surface area (Å²) in [6.45, 7) is 3.64. The number of hydrogen-bond acceptors (Lipinski definition) is 8. The number of thiophene rings is 1. The van der Waals surface area contributed by atoms with Crippen LogP contribution in [0, 0.1) is 6.92 Å². The van der Waals surface area contributed by atoms with Crippen molar-refractivity contribution in [3.8, 4) is 5.75 Å². The SMILES string of the molecule is COc1cnc2nc(C)cc(SCC(=O)c3ccc(C4(O)CCN(C)CC4)s3)c2c1. The third-order valence-electron chi connectivity index (χ3n) is 5.48. The number of Topliss-reactive ketones (excluding diaryl/α,β-unsaturated/α-hetero) is 1. The van der Waals surface area contributed by atoms with Crippen molar-refractivity contribution in [2.24, 2.45) is 0 Å². The molecule has 8 heteroatoms. The number of methoxy groups -OCH3 is 1. The van der Waals surface area contributed by atoms with Crippen LogP contribution in [-0.2, 0) is 5.60 Å². The number of likely N-dealkylation sites (tertiary alicyclic amines) is 1. The minimum absolute atomic E-state index is 0.0613. The summed E-state index contributed by atoms with van der Waals surface area (Å²) < 4.78 is 5.29. The standard InChI is InChI=1S/C22H25N3O3S2/c1-14-10-19(16-11-15(28-3)12-23-21(16)24-14)29-13-17(26)18-4-5-20(30-18)22(27)6-8-25(2)9-7-22/h4-5,10-12,27H,6-9,13H2,1-3H3. The Hall–Kier alpha value is -2.00. The Balaban J connectivity index is 1.50. The molecular weight excluding hydrogens is 418 g/mol. The van der Waals surface area contributed by atoms with Crippen molar-refractivity contribution < 1.29 is 14.6 Å². The van der Waals surface area contributed by atoms with Crippen LogP contribution in [0.15, 0.2) is 35.4 Å². The number of fused-ring (bicyclic) bond motifs is 1. The van der Waals surface area contributed by atoms with Crippen LogP contribution in [0.2, 0.25) is 0 Å². The van der Waals surface area contributed by atoms with Crippen LogP contribution in [0.1, 0.15) is 33.1 Å². The van der Waals surface area contributed by atoms with Crippen LogP contribution in [0.5, 0.6) is 5.75 Å². The van der Waals surface area contributed by atoms with Gasteiger partial charge < -0.3 is 14.7 Å².